The first kappa shape index (κ1) is 18.4. The van der Waals surface area contributed by atoms with Gasteiger partial charge in [-0.3, -0.25) is 4.79 Å². The third-order valence-electron chi connectivity index (χ3n) is 3.89. The van der Waals surface area contributed by atoms with E-state index >= 15 is 0 Å². The summed E-state index contributed by atoms with van der Waals surface area (Å²) in [7, 11) is 0. The van der Waals surface area contributed by atoms with Crippen LogP contribution in [0.3, 0.4) is 0 Å². The molecule has 5 nitrogen and oxygen atoms in total. The summed E-state index contributed by atoms with van der Waals surface area (Å²) in [5.41, 5.74) is 3.72. The van der Waals surface area contributed by atoms with Crippen molar-refractivity contribution in [2.45, 2.75) is 20.8 Å². The van der Waals surface area contributed by atoms with Crippen LogP contribution in [-0.4, -0.2) is 15.9 Å². The van der Waals surface area contributed by atoms with Crippen LogP contribution in [0.4, 0.5) is 26.1 Å². The average molecular weight is 368 g/mol. The van der Waals surface area contributed by atoms with Crippen molar-refractivity contribution in [2.75, 3.05) is 10.6 Å². The van der Waals surface area contributed by atoms with Crippen molar-refractivity contribution in [3.63, 3.8) is 0 Å². The Morgan fingerprint density at radius 1 is 0.926 bits per heavy atom. The highest BCUT2D eigenvalue weighted by Gasteiger charge is 2.13. The van der Waals surface area contributed by atoms with E-state index in [1.54, 1.807) is 13.0 Å². The number of aryl methyl sites for hydroxylation is 3. The molecule has 2 aromatic carbocycles. The number of carbonyl (C=O) groups excluding carboxylic acids is 1. The first-order valence-electron chi connectivity index (χ1n) is 8.28. The second-order valence-electron chi connectivity index (χ2n) is 6.24. The Kier molecular flexibility index (Phi) is 5.12. The third-order valence-corrected chi connectivity index (χ3v) is 3.89. The Balaban J connectivity index is 1.83. The summed E-state index contributed by atoms with van der Waals surface area (Å²) >= 11 is 0. The van der Waals surface area contributed by atoms with E-state index in [-0.39, 0.29) is 23.2 Å². The first-order chi connectivity index (χ1) is 12.8. The monoisotopic (exact) mass is 368 g/mol. The molecule has 138 valence electrons. The van der Waals surface area contributed by atoms with Gasteiger partial charge in [-0.05, 0) is 50.6 Å². The fraction of sp³-hybridized carbons (Fsp3) is 0.150. The lowest BCUT2D eigenvalue weighted by molar-refractivity contribution is 0.102. The van der Waals surface area contributed by atoms with Crippen LogP contribution >= 0.6 is 0 Å². The van der Waals surface area contributed by atoms with Gasteiger partial charge in [0.25, 0.3) is 5.91 Å². The zero-order valence-electron chi connectivity index (χ0n) is 15.1. The van der Waals surface area contributed by atoms with Crippen LogP contribution in [0, 0.1) is 32.4 Å². The molecular weight excluding hydrogens is 350 g/mol. The zero-order valence-corrected chi connectivity index (χ0v) is 15.1. The lowest BCUT2D eigenvalue weighted by Crippen LogP contribution is -2.16. The van der Waals surface area contributed by atoms with Crippen molar-refractivity contribution >= 4 is 23.2 Å². The Morgan fingerprint density at radius 2 is 1.70 bits per heavy atom. The zero-order chi connectivity index (χ0) is 19.6. The van der Waals surface area contributed by atoms with E-state index in [1.807, 2.05) is 32.0 Å². The molecule has 27 heavy (non-hydrogen) atoms. The molecule has 0 aliphatic rings. The third kappa shape index (κ3) is 4.44. The van der Waals surface area contributed by atoms with Crippen molar-refractivity contribution in [1.82, 2.24) is 9.97 Å². The maximum Gasteiger partial charge on any atom is 0.274 e. The summed E-state index contributed by atoms with van der Waals surface area (Å²) in [4.78, 5) is 20.9. The molecule has 1 aromatic heterocycles. The van der Waals surface area contributed by atoms with E-state index in [0.717, 1.165) is 23.3 Å². The van der Waals surface area contributed by atoms with Crippen molar-refractivity contribution in [3.05, 3.63) is 76.6 Å². The maximum absolute atomic E-state index is 13.4. The number of halogens is 2. The largest absolute Gasteiger partial charge is 0.324 e. The number of benzene rings is 2. The molecule has 0 atom stereocenters. The minimum atomic E-state index is -0.986. The van der Waals surface area contributed by atoms with Gasteiger partial charge >= 0.3 is 0 Å². The molecule has 1 heterocycles. The number of rotatable bonds is 4. The van der Waals surface area contributed by atoms with Crippen molar-refractivity contribution in [2.24, 2.45) is 0 Å². The molecular formula is C20H18F2N4O. The number of amides is 1. The molecule has 3 rings (SSSR count). The van der Waals surface area contributed by atoms with Crippen molar-refractivity contribution < 1.29 is 13.6 Å². The SMILES string of the molecule is Cc1ccc(NC(=O)c2cc(C)nc(Nc3ccc(F)c(F)c3)n2)c(C)c1. The summed E-state index contributed by atoms with van der Waals surface area (Å²) in [5, 5.41) is 5.60. The summed E-state index contributed by atoms with van der Waals surface area (Å²) in [6.45, 7) is 5.60. The Bertz CT molecular complexity index is 1020. The highest BCUT2D eigenvalue weighted by atomic mass is 19.2. The van der Waals surface area contributed by atoms with Crippen molar-refractivity contribution in [3.8, 4) is 0 Å². The van der Waals surface area contributed by atoms with Crippen LogP contribution in [0.15, 0.2) is 42.5 Å². The van der Waals surface area contributed by atoms with E-state index in [1.165, 1.54) is 6.07 Å². The number of aromatic nitrogens is 2. The van der Waals surface area contributed by atoms with E-state index in [4.69, 9.17) is 0 Å². The van der Waals surface area contributed by atoms with Crippen LogP contribution in [0.2, 0.25) is 0 Å². The Morgan fingerprint density at radius 3 is 2.41 bits per heavy atom. The van der Waals surface area contributed by atoms with Gasteiger partial charge in [0.2, 0.25) is 5.95 Å². The average Bonchev–Trinajstić information content (AvgIpc) is 2.60. The lowest BCUT2D eigenvalue weighted by atomic mass is 10.1. The predicted octanol–water partition coefficient (Wildman–Crippen LogP) is 4.68. The number of hydrogen-bond donors (Lipinski definition) is 2. The van der Waals surface area contributed by atoms with Gasteiger partial charge in [-0.15, -0.1) is 0 Å². The summed E-state index contributed by atoms with van der Waals surface area (Å²) < 4.78 is 26.4. The molecule has 0 aliphatic carbocycles. The molecule has 0 aliphatic heterocycles. The van der Waals surface area contributed by atoms with E-state index in [0.29, 0.717) is 11.4 Å². The van der Waals surface area contributed by atoms with Gasteiger partial charge in [-0.2, -0.15) is 0 Å². The predicted molar refractivity (Wildman–Crippen MR) is 100 cm³/mol. The molecule has 0 bridgehead atoms. The van der Waals surface area contributed by atoms with Gasteiger partial charge in [0, 0.05) is 23.1 Å². The fourth-order valence-electron chi connectivity index (χ4n) is 2.58. The summed E-state index contributed by atoms with van der Waals surface area (Å²) in [6.07, 6.45) is 0. The maximum atomic E-state index is 13.4. The van der Waals surface area contributed by atoms with Gasteiger partial charge in [0.05, 0.1) is 0 Å². The van der Waals surface area contributed by atoms with Crippen LogP contribution < -0.4 is 10.6 Å². The highest BCUT2D eigenvalue weighted by molar-refractivity contribution is 6.03. The van der Waals surface area contributed by atoms with Crippen molar-refractivity contribution in [1.29, 1.82) is 0 Å². The van der Waals surface area contributed by atoms with Gasteiger partial charge in [-0.1, -0.05) is 17.7 Å². The molecule has 0 saturated heterocycles. The standard InChI is InChI=1S/C20H18F2N4O/c1-11-4-7-17(12(2)8-11)25-19(27)18-9-13(3)23-20(26-18)24-14-5-6-15(21)16(22)10-14/h4-10H,1-3H3,(H,25,27)(H,23,24,26). The fourth-order valence-corrected chi connectivity index (χ4v) is 2.58. The van der Waals surface area contributed by atoms with E-state index < -0.39 is 11.6 Å². The second kappa shape index (κ2) is 7.49. The smallest absolute Gasteiger partial charge is 0.274 e. The van der Waals surface area contributed by atoms with Gasteiger partial charge in [0.1, 0.15) is 5.69 Å². The van der Waals surface area contributed by atoms with Crippen LogP contribution in [-0.2, 0) is 0 Å². The van der Waals surface area contributed by atoms with Gasteiger partial charge < -0.3 is 10.6 Å². The molecule has 2 N–H and O–H groups in total. The second-order valence-corrected chi connectivity index (χ2v) is 6.24. The molecule has 3 aromatic rings. The molecule has 1 amide bonds. The number of carbonyl (C=O) groups is 1. The molecule has 0 saturated carbocycles. The number of hydrogen-bond acceptors (Lipinski definition) is 4. The molecule has 0 fully saturated rings. The van der Waals surface area contributed by atoms with Crippen LogP contribution in [0.5, 0.6) is 0 Å². The molecule has 0 unspecified atom stereocenters. The summed E-state index contributed by atoms with van der Waals surface area (Å²) in [6, 6.07) is 10.6. The lowest BCUT2D eigenvalue weighted by Gasteiger charge is -2.11. The Hall–Kier alpha value is -3.35. The Labute approximate surface area is 155 Å². The minimum Gasteiger partial charge on any atom is -0.324 e. The molecule has 0 radical (unpaired) electrons. The first-order valence-corrected chi connectivity index (χ1v) is 8.28. The topological polar surface area (TPSA) is 66.9 Å². The molecule has 0 spiro atoms. The van der Waals surface area contributed by atoms with E-state index in [9.17, 15) is 13.6 Å². The van der Waals surface area contributed by atoms with Crippen LogP contribution in [0.1, 0.15) is 27.3 Å². The summed E-state index contributed by atoms with van der Waals surface area (Å²) in [5.74, 6) is -2.20. The van der Waals surface area contributed by atoms with Crippen LogP contribution in [0.25, 0.3) is 0 Å². The number of anilines is 3. The number of nitrogens with zero attached hydrogens (tertiary/aromatic N) is 2. The molecule has 7 heteroatoms. The number of nitrogens with one attached hydrogen (secondary N) is 2. The minimum absolute atomic E-state index is 0.117. The quantitative estimate of drug-likeness (QED) is 0.702. The highest BCUT2D eigenvalue weighted by Crippen LogP contribution is 2.19. The normalized spacial score (nSPS) is 10.6. The van der Waals surface area contributed by atoms with Gasteiger partial charge in [-0.25, -0.2) is 18.7 Å². The van der Waals surface area contributed by atoms with E-state index in [2.05, 4.69) is 20.6 Å². The van der Waals surface area contributed by atoms with Gasteiger partial charge in [0.15, 0.2) is 11.6 Å².